The van der Waals surface area contributed by atoms with Crippen LogP contribution in [0, 0.1) is 0 Å². The van der Waals surface area contributed by atoms with Crippen LogP contribution in [-0.2, 0) is 11.3 Å². The van der Waals surface area contributed by atoms with Crippen LogP contribution in [0.1, 0.15) is 22.6 Å². The van der Waals surface area contributed by atoms with Crippen LogP contribution < -0.4 is 4.90 Å². The van der Waals surface area contributed by atoms with Gasteiger partial charge in [-0.05, 0) is 53.2 Å². The number of aromatic hydroxyl groups is 1. The first-order chi connectivity index (χ1) is 13.2. The van der Waals surface area contributed by atoms with Crippen molar-refractivity contribution in [3.63, 3.8) is 0 Å². The number of ether oxygens (including phenoxy) is 1. The van der Waals surface area contributed by atoms with Gasteiger partial charge in [-0.25, -0.2) is 0 Å². The van der Waals surface area contributed by atoms with E-state index in [9.17, 15) is 5.11 Å². The Balaban J connectivity index is 1.57. The number of hydrogen-bond acceptors (Lipinski definition) is 5. The van der Waals surface area contributed by atoms with E-state index in [4.69, 9.17) is 4.74 Å². The molecule has 2 aromatic carbocycles. The molecular formula is C22H24N2O2S. The molecular weight excluding hydrogens is 356 g/mol. The Labute approximate surface area is 163 Å². The molecule has 2 aliphatic heterocycles. The molecule has 1 saturated heterocycles. The second-order valence-electron chi connectivity index (χ2n) is 7.57. The summed E-state index contributed by atoms with van der Waals surface area (Å²) in [6, 6.07) is 13.3. The lowest BCUT2D eigenvalue weighted by molar-refractivity contribution is 0.122. The monoisotopic (exact) mass is 380 g/mol. The number of nitrogens with zero attached hydrogens (tertiary/aromatic N) is 2. The number of thiophene rings is 1. The van der Waals surface area contributed by atoms with Gasteiger partial charge >= 0.3 is 0 Å². The molecule has 4 nitrogen and oxygen atoms in total. The van der Waals surface area contributed by atoms with Crippen LogP contribution in [0.4, 0.5) is 5.69 Å². The van der Waals surface area contributed by atoms with E-state index in [0.29, 0.717) is 5.75 Å². The predicted molar refractivity (Wildman–Crippen MR) is 111 cm³/mol. The number of morpholine rings is 1. The van der Waals surface area contributed by atoms with E-state index >= 15 is 0 Å². The van der Waals surface area contributed by atoms with E-state index in [1.807, 2.05) is 0 Å². The summed E-state index contributed by atoms with van der Waals surface area (Å²) < 4.78 is 6.79. The maximum atomic E-state index is 11.1. The number of likely N-dealkylation sites (N-methyl/N-ethyl adjacent to an activating group) is 1. The highest BCUT2D eigenvalue weighted by molar-refractivity contribution is 7.17. The van der Waals surface area contributed by atoms with Gasteiger partial charge in [-0.1, -0.05) is 12.1 Å². The fourth-order valence-electron chi connectivity index (χ4n) is 4.42. The second kappa shape index (κ2) is 6.82. The Morgan fingerprint density at radius 3 is 2.81 bits per heavy atom. The lowest BCUT2D eigenvalue weighted by Crippen LogP contribution is -2.37. The topological polar surface area (TPSA) is 35.9 Å². The zero-order valence-electron chi connectivity index (χ0n) is 15.5. The summed E-state index contributed by atoms with van der Waals surface area (Å²) >= 11 is 1.78. The molecule has 1 unspecified atom stereocenters. The van der Waals surface area contributed by atoms with Gasteiger partial charge in [0.2, 0.25) is 0 Å². The number of anilines is 1. The van der Waals surface area contributed by atoms with Crippen molar-refractivity contribution < 1.29 is 9.84 Å². The van der Waals surface area contributed by atoms with Crippen LogP contribution in [0.5, 0.6) is 5.75 Å². The molecule has 1 fully saturated rings. The summed E-state index contributed by atoms with van der Waals surface area (Å²) in [5.41, 5.74) is 4.60. The standard InChI is InChI=1S/C22H24N2O2S/c1-23-13-18(15-2-5-21-16(12-15)6-11-27-21)17-3-4-20(22(25)19(17)14-23)24-7-9-26-10-8-24/h2-6,11-12,18,25H,7-10,13-14H2,1H3. The molecule has 1 aromatic heterocycles. The highest BCUT2D eigenvalue weighted by Gasteiger charge is 2.29. The zero-order valence-corrected chi connectivity index (χ0v) is 16.3. The maximum Gasteiger partial charge on any atom is 0.143 e. The third kappa shape index (κ3) is 3.00. The minimum atomic E-state index is 0.285. The van der Waals surface area contributed by atoms with Crippen LogP contribution in [0.3, 0.4) is 0 Å². The maximum absolute atomic E-state index is 11.1. The van der Waals surface area contributed by atoms with Crippen molar-refractivity contribution >= 4 is 27.1 Å². The molecule has 0 bridgehead atoms. The van der Waals surface area contributed by atoms with Crippen molar-refractivity contribution in [3.8, 4) is 5.75 Å². The molecule has 140 valence electrons. The van der Waals surface area contributed by atoms with Crippen molar-refractivity contribution in [2.75, 3.05) is 44.8 Å². The number of phenolic OH excluding ortho intramolecular Hbond substituents is 1. The first-order valence-electron chi connectivity index (χ1n) is 9.54. The van der Waals surface area contributed by atoms with E-state index in [0.717, 1.165) is 50.6 Å². The van der Waals surface area contributed by atoms with Crippen molar-refractivity contribution in [3.05, 3.63) is 58.5 Å². The Bertz CT molecular complexity index is 978. The van der Waals surface area contributed by atoms with Crippen LogP contribution in [0.15, 0.2) is 41.8 Å². The molecule has 0 spiro atoms. The molecule has 0 aliphatic carbocycles. The smallest absolute Gasteiger partial charge is 0.143 e. The zero-order chi connectivity index (χ0) is 18.4. The predicted octanol–water partition coefficient (Wildman–Crippen LogP) is 4.02. The molecule has 1 N–H and O–H groups in total. The average Bonchev–Trinajstić information content (AvgIpc) is 3.17. The Hall–Kier alpha value is -2.08. The van der Waals surface area contributed by atoms with Gasteiger partial charge in [-0.2, -0.15) is 0 Å². The highest BCUT2D eigenvalue weighted by Crippen LogP contribution is 2.42. The SMILES string of the molecule is CN1Cc2c(ccc(N3CCOCC3)c2O)C(c2ccc3sccc3c2)C1. The van der Waals surface area contributed by atoms with Crippen LogP contribution in [-0.4, -0.2) is 49.9 Å². The van der Waals surface area contributed by atoms with Gasteiger partial charge in [0.05, 0.1) is 18.9 Å². The average molecular weight is 381 g/mol. The van der Waals surface area contributed by atoms with Gasteiger partial charge in [0.1, 0.15) is 5.75 Å². The second-order valence-corrected chi connectivity index (χ2v) is 8.52. The lowest BCUT2D eigenvalue weighted by atomic mass is 9.83. The minimum Gasteiger partial charge on any atom is -0.505 e. The Kier molecular flexibility index (Phi) is 4.31. The Morgan fingerprint density at radius 1 is 1.11 bits per heavy atom. The van der Waals surface area contributed by atoms with E-state index in [1.54, 1.807) is 11.3 Å². The first-order valence-corrected chi connectivity index (χ1v) is 10.4. The van der Waals surface area contributed by atoms with Crippen molar-refractivity contribution in [1.82, 2.24) is 4.90 Å². The third-order valence-corrected chi connectivity index (χ3v) is 6.72. The Morgan fingerprint density at radius 2 is 1.96 bits per heavy atom. The van der Waals surface area contributed by atoms with Gasteiger partial charge in [-0.15, -0.1) is 11.3 Å². The molecule has 2 aliphatic rings. The van der Waals surface area contributed by atoms with Gasteiger partial charge in [0.15, 0.2) is 0 Å². The van der Waals surface area contributed by atoms with E-state index in [1.165, 1.54) is 21.2 Å². The third-order valence-electron chi connectivity index (χ3n) is 5.83. The molecule has 3 aromatic rings. The number of fused-ring (bicyclic) bond motifs is 2. The van der Waals surface area contributed by atoms with Crippen LogP contribution in [0.25, 0.3) is 10.1 Å². The summed E-state index contributed by atoms with van der Waals surface area (Å²) in [4.78, 5) is 4.55. The van der Waals surface area contributed by atoms with E-state index < -0.39 is 0 Å². The molecule has 0 amide bonds. The summed E-state index contributed by atoms with van der Waals surface area (Å²) in [5, 5.41) is 14.6. The molecule has 3 heterocycles. The molecule has 5 rings (SSSR count). The van der Waals surface area contributed by atoms with E-state index in [2.05, 4.69) is 58.6 Å². The van der Waals surface area contributed by atoms with Crippen LogP contribution >= 0.6 is 11.3 Å². The van der Waals surface area contributed by atoms with Gasteiger partial charge in [0, 0.05) is 42.4 Å². The summed E-state index contributed by atoms with van der Waals surface area (Å²) in [6.07, 6.45) is 0. The molecule has 0 saturated carbocycles. The first kappa shape index (κ1) is 17.0. The molecule has 0 radical (unpaired) electrons. The van der Waals surface area contributed by atoms with Gasteiger partial charge in [-0.3, -0.25) is 0 Å². The van der Waals surface area contributed by atoms with E-state index in [-0.39, 0.29) is 5.92 Å². The normalized spacial score (nSPS) is 20.8. The summed E-state index contributed by atoms with van der Waals surface area (Å²) in [6.45, 7) is 4.87. The van der Waals surface area contributed by atoms with Gasteiger partial charge < -0.3 is 19.6 Å². The largest absolute Gasteiger partial charge is 0.505 e. The quantitative estimate of drug-likeness (QED) is 0.728. The van der Waals surface area contributed by atoms with Crippen molar-refractivity contribution in [1.29, 1.82) is 0 Å². The number of rotatable bonds is 2. The summed E-state index contributed by atoms with van der Waals surface area (Å²) in [7, 11) is 2.14. The van der Waals surface area contributed by atoms with Crippen molar-refractivity contribution in [2.24, 2.45) is 0 Å². The number of benzene rings is 2. The fraction of sp³-hybridized carbons (Fsp3) is 0.364. The minimum absolute atomic E-state index is 0.285. The molecule has 5 heteroatoms. The fourth-order valence-corrected chi connectivity index (χ4v) is 5.19. The van der Waals surface area contributed by atoms with Crippen molar-refractivity contribution in [2.45, 2.75) is 12.5 Å². The summed E-state index contributed by atoms with van der Waals surface area (Å²) in [5.74, 6) is 0.732. The lowest BCUT2D eigenvalue weighted by Gasteiger charge is -2.36. The molecule has 27 heavy (non-hydrogen) atoms. The number of hydrogen-bond donors (Lipinski definition) is 1. The molecule has 1 atom stereocenters. The highest BCUT2D eigenvalue weighted by atomic mass is 32.1. The van der Waals surface area contributed by atoms with Crippen LogP contribution in [0.2, 0.25) is 0 Å². The number of phenols is 1. The van der Waals surface area contributed by atoms with Gasteiger partial charge in [0.25, 0.3) is 0 Å².